The van der Waals surface area contributed by atoms with Gasteiger partial charge in [-0.3, -0.25) is 0 Å². The fraction of sp³-hybridized carbons (Fsp3) is 0.700. The second-order valence-electron chi connectivity index (χ2n) is 7.86. The van der Waals surface area contributed by atoms with Gasteiger partial charge in [0, 0.05) is 19.7 Å². The molecule has 166 valence electrons. The fourth-order valence-electron chi connectivity index (χ4n) is 3.53. The van der Waals surface area contributed by atoms with Crippen molar-refractivity contribution >= 4 is 10.0 Å². The third-order valence-corrected chi connectivity index (χ3v) is 7.29. The Kier molecular flexibility index (Phi) is 8.51. The molecule has 0 heterocycles. The van der Waals surface area contributed by atoms with E-state index >= 15 is 0 Å². The zero-order valence-electron chi connectivity index (χ0n) is 17.3. The van der Waals surface area contributed by atoms with Gasteiger partial charge in [-0.1, -0.05) is 0 Å². The van der Waals surface area contributed by atoms with Crippen molar-refractivity contribution in [2.75, 3.05) is 34.3 Å². The molecular weight excluding hydrogens is 405 g/mol. The molecule has 0 N–H and O–H groups in total. The van der Waals surface area contributed by atoms with E-state index < -0.39 is 21.8 Å². The standard InChI is InChI=1S/C20H31F3N2O3S/c1-24(2)14-4-5-15-28-18-10-8-17(9-11-18)25(3)29(26,27)19-12-6-16(7-13-19)20(21,22)23/h6-7,12-13,17-18H,4-5,8-11,14-15H2,1-3H3/t17-,18-. The fourth-order valence-corrected chi connectivity index (χ4v) is 4.95. The first-order valence-electron chi connectivity index (χ1n) is 9.93. The molecule has 0 radical (unpaired) electrons. The summed E-state index contributed by atoms with van der Waals surface area (Å²) in [4.78, 5) is 2.02. The molecule has 1 aromatic rings. The molecular formula is C20H31F3N2O3S. The SMILES string of the molecule is CN(C)CCCCO[C@H]1CC[C@H](N(C)S(=O)(=O)c2ccc(C(F)(F)F)cc2)CC1. The lowest BCUT2D eigenvalue weighted by Gasteiger charge is -2.34. The topological polar surface area (TPSA) is 49.9 Å². The van der Waals surface area contributed by atoms with Gasteiger partial charge < -0.3 is 9.64 Å². The summed E-state index contributed by atoms with van der Waals surface area (Å²) in [6.45, 7) is 1.74. The van der Waals surface area contributed by atoms with E-state index in [0.29, 0.717) is 19.4 Å². The zero-order valence-corrected chi connectivity index (χ0v) is 18.1. The Labute approximate surface area is 171 Å². The third-order valence-electron chi connectivity index (χ3n) is 5.37. The Morgan fingerprint density at radius 1 is 1.00 bits per heavy atom. The van der Waals surface area contributed by atoms with Crippen LogP contribution in [0.2, 0.25) is 0 Å². The van der Waals surface area contributed by atoms with Crippen LogP contribution in [-0.2, 0) is 20.9 Å². The molecule has 1 aliphatic carbocycles. The van der Waals surface area contributed by atoms with Crippen LogP contribution in [-0.4, -0.2) is 64.1 Å². The van der Waals surface area contributed by atoms with Crippen molar-refractivity contribution in [2.45, 2.75) is 61.7 Å². The smallest absolute Gasteiger partial charge is 0.378 e. The second-order valence-corrected chi connectivity index (χ2v) is 9.85. The molecule has 9 heteroatoms. The Morgan fingerprint density at radius 2 is 1.59 bits per heavy atom. The minimum atomic E-state index is -4.49. The molecule has 0 amide bonds. The van der Waals surface area contributed by atoms with E-state index in [1.165, 1.54) is 11.4 Å². The second kappa shape index (κ2) is 10.2. The molecule has 1 aromatic carbocycles. The Hall–Kier alpha value is -1.16. The van der Waals surface area contributed by atoms with Crippen molar-refractivity contribution in [2.24, 2.45) is 0 Å². The van der Waals surface area contributed by atoms with Gasteiger partial charge in [0.2, 0.25) is 10.0 Å². The monoisotopic (exact) mass is 436 g/mol. The highest BCUT2D eigenvalue weighted by Crippen LogP contribution is 2.32. The summed E-state index contributed by atoms with van der Waals surface area (Å²) >= 11 is 0. The zero-order chi connectivity index (χ0) is 21.7. The maximum absolute atomic E-state index is 12.8. The molecule has 1 fully saturated rings. The van der Waals surface area contributed by atoms with Crippen molar-refractivity contribution < 1.29 is 26.3 Å². The van der Waals surface area contributed by atoms with Gasteiger partial charge in [-0.25, -0.2) is 8.42 Å². The predicted molar refractivity (Wildman–Crippen MR) is 106 cm³/mol. The molecule has 0 aromatic heterocycles. The van der Waals surface area contributed by atoms with Gasteiger partial charge in [-0.15, -0.1) is 0 Å². The highest BCUT2D eigenvalue weighted by Gasteiger charge is 2.34. The van der Waals surface area contributed by atoms with Crippen molar-refractivity contribution in [3.8, 4) is 0 Å². The lowest BCUT2D eigenvalue weighted by atomic mass is 9.93. The van der Waals surface area contributed by atoms with Gasteiger partial charge in [-0.05, 0) is 83.4 Å². The number of unbranched alkanes of at least 4 members (excludes halogenated alkanes) is 1. The third kappa shape index (κ3) is 6.94. The maximum Gasteiger partial charge on any atom is 0.416 e. The molecule has 2 rings (SSSR count). The number of ether oxygens (including phenoxy) is 1. The number of nitrogens with zero attached hydrogens (tertiary/aromatic N) is 2. The molecule has 0 spiro atoms. The van der Waals surface area contributed by atoms with E-state index in [-0.39, 0.29) is 17.0 Å². The van der Waals surface area contributed by atoms with E-state index in [2.05, 4.69) is 4.90 Å². The van der Waals surface area contributed by atoms with Gasteiger partial charge in [-0.2, -0.15) is 17.5 Å². The summed E-state index contributed by atoms with van der Waals surface area (Å²) in [7, 11) is 1.75. The number of benzene rings is 1. The lowest BCUT2D eigenvalue weighted by Crippen LogP contribution is -2.40. The van der Waals surface area contributed by atoms with Crippen molar-refractivity contribution in [1.29, 1.82) is 0 Å². The van der Waals surface area contributed by atoms with Crippen LogP contribution >= 0.6 is 0 Å². The molecule has 0 unspecified atom stereocenters. The number of alkyl halides is 3. The normalized spacial score (nSPS) is 21.1. The first-order chi connectivity index (χ1) is 13.5. The van der Waals surface area contributed by atoms with Gasteiger partial charge in [0.1, 0.15) is 0 Å². The first-order valence-corrected chi connectivity index (χ1v) is 11.4. The van der Waals surface area contributed by atoms with E-state index in [9.17, 15) is 21.6 Å². The minimum Gasteiger partial charge on any atom is -0.378 e. The van der Waals surface area contributed by atoms with Crippen LogP contribution in [0.15, 0.2) is 29.2 Å². The predicted octanol–water partition coefficient (Wildman–Crippen LogP) is 4.00. The van der Waals surface area contributed by atoms with Crippen molar-refractivity contribution in [1.82, 2.24) is 9.21 Å². The summed E-state index contributed by atoms with van der Waals surface area (Å²) < 4.78 is 70.9. The summed E-state index contributed by atoms with van der Waals surface area (Å²) in [6, 6.07) is 3.49. The van der Waals surface area contributed by atoms with Crippen LogP contribution in [0.3, 0.4) is 0 Å². The van der Waals surface area contributed by atoms with Gasteiger partial charge in [0.15, 0.2) is 0 Å². The maximum atomic E-state index is 12.8. The number of halogens is 3. The van der Waals surface area contributed by atoms with Crippen LogP contribution in [0.1, 0.15) is 44.1 Å². The number of sulfonamides is 1. The van der Waals surface area contributed by atoms with Crippen LogP contribution < -0.4 is 0 Å². The highest BCUT2D eigenvalue weighted by atomic mass is 32.2. The van der Waals surface area contributed by atoms with E-state index in [4.69, 9.17) is 4.74 Å². The Bertz CT molecular complexity index is 728. The molecule has 0 aliphatic heterocycles. The summed E-state index contributed by atoms with van der Waals surface area (Å²) in [5.41, 5.74) is -0.859. The van der Waals surface area contributed by atoms with Crippen LogP contribution in [0.5, 0.6) is 0 Å². The molecule has 1 saturated carbocycles. The van der Waals surface area contributed by atoms with E-state index in [1.807, 2.05) is 14.1 Å². The van der Waals surface area contributed by atoms with Gasteiger partial charge in [0.25, 0.3) is 0 Å². The van der Waals surface area contributed by atoms with E-state index in [1.54, 1.807) is 0 Å². The average molecular weight is 437 g/mol. The molecule has 0 bridgehead atoms. The summed E-state index contributed by atoms with van der Waals surface area (Å²) in [6.07, 6.45) is 0.664. The average Bonchev–Trinajstić information content (AvgIpc) is 2.67. The summed E-state index contributed by atoms with van der Waals surface area (Å²) in [5.74, 6) is 0. The minimum absolute atomic E-state index is 0.118. The Balaban J connectivity index is 1.85. The first kappa shape index (κ1) is 24.1. The molecule has 1 aliphatic rings. The van der Waals surface area contributed by atoms with Crippen LogP contribution in [0.25, 0.3) is 0 Å². The van der Waals surface area contributed by atoms with Crippen LogP contribution in [0, 0.1) is 0 Å². The number of hydrogen-bond donors (Lipinski definition) is 0. The summed E-state index contributed by atoms with van der Waals surface area (Å²) in [5, 5.41) is 0. The quantitative estimate of drug-likeness (QED) is 0.549. The number of hydrogen-bond acceptors (Lipinski definition) is 4. The highest BCUT2D eigenvalue weighted by molar-refractivity contribution is 7.89. The van der Waals surface area contributed by atoms with Crippen molar-refractivity contribution in [3.63, 3.8) is 0 Å². The van der Waals surface area contributed by atoms with Crippen molar-refractivity contribution in [3.05, 3.63) is 29.8 Å². The van der Waals surface area contributed by atoms with E-state index in [0.717, 1.165) is 56.5 Å². The molecule has 5 nitrogen and oxygen atoms in total. The molecule has 29 heavy (non-hydrogen) atoms. The molecule has 0 atom stereocenters. The Morgan fingerprint density at radius 3 is 2.10 bits per heavy atom. The molecule has 0 saturated heterocycles. The van der Waals surface area contributed by atoms with Crippen LogP contribution in [0.4, 0.5) is 13.2 Å². The van der Waals surface area contributed by atoms with Gasteiger partial charge >= 0.3 is 6.18 Å². The lowest BCUT2D eigenvalue weighted by molar-refractivity contribution is -0.137. The number of rotatable bonds is 9. The van der Waals surface area contributed by atoms with Gasteiger partial charge in [0.05, 0.1) is 16.6 Å². The largest absolute Gasteiger partial charge is 0.416 e.